The van der Waals surface area contributed by atoms with Gasteiger partial charge in [0.25, 0.3) is 0 Å². The van der Waals surface area contributed by atoms with Crippen LogP contribution in [0.5, 0.6) is 0 Å². The minimum absolute atomic E-state index is 0.0347. The molecule has 0 atom stereocenters. The minimum Gasteiger partial charge on any atom is -0.356 e. The highest BCUT2D eigenvalue weighted by atomic mass is 14.9. The highest BCUT2D eigenvalue weighted by Crippen LogP contribution is 2.58. The zero-order valence-electron chi connectivity index (χ0n) is 63.8. The number of nitrogens with one attached hydrogen (secondary N) is 4. The van der Waals surface area contributed by atoms with Crippen molar-refractivity contribution >= 4 is 67.0 Å². The van der Waals surface area contributed by atoms with E-state index in [0.717, 1.165) is 45.2 Å². The van der Waals surface area contributed by atoms with Crippen molar-refractivity contribution in [1.29, 1.82) is 0 Å². The van der Waals surface area contributed by atoms with Crippen molar-refractivity contribution in [1.82, 2.24) is 9.97 Å². The maximum Gasteiger partial charge on any atom is 0.0713 e. The van der Waals surface area contributed by atoms with Crippen LogP contribution < -0.4 is 21.3 Å². The van der Waals surface area contributed by atoms with Crippen LogP contribution in [0.4, 0.5) is 45.5 Å². The quantitative estimate of drug-likeness (QED) is 0.103. The van der Waals surface area contributed by atoms with Crippen LogP contribution in [-0.4, -0.2) is 9.97 Å². The lowest BCUT2D eigenvalue weighted by atomic mass is 9.68. The van der Waals surface area contributed by atoms with E-state index in [-0.39, 0.29) is 21.7 Å². The molecule has 540 valence electrons. The third-order valence-corrected chi connectivity index (χ3v) is 23.4. The Balaban J connectivity index is 0.000000107. The molecule has 21 rings (SSSR count). The van der Waals surface area contributed by atoms with Crippen molar-refractivity contribution in [2.24, 2.45) is 0 Å². The molecule has 4 aliphatic rings. The van der Waals surface area contributed by atoms with Crippen molar-refractivity contribution < 1.29 is 0 Å². The Morgan fingerprint density at radius 2 is 0.661 bits per heavy atom. The van der Waals surface area contributed by atoms with Crippen molar-refractivity contribution in [2.45, 2.75) is 63.2 Å². The summed E-state index contributed by atoms with van der Waals surface area (Å²) < 4.78 is 0. The molecule has 4 aliphatic carbocycles. The average molecular weight is 1440 g/mol. The third-order valence-electron chi connectivity index (χ3n) is 23.4. The van der Waals surface area contributed by atoms with Gasteiger partial charge >= 0.3 is 0 Å². The number of rotatable bonds is 11. The van der Waals surface area contributed by atoms with Crippen molar-refractivity contribution in [3.8, 4) is 55.6 Å². The van der Waals surface area contributed by atoms with Crippen LogP contribution in [0.25, 0.3) is 77.2 Å². The number of benzene rings is 15. The van der Waals surface area contributed by atoms with Crippen LogP contribution in [0, 0.1) is 0 Å². The van der Waals surface area contributed by atoms with Gasteiger partial charge in [0.1, 0.15) is 0 Å². The topological polar surface area (TPSA) is 73.9 Å². The van der Waals surface area contributed by atoms with E-state index in [1.807, 2.05) is 36.8 Å². The zero-order valence-corrected chi connectivity index (χ0v) is 63.8. The summed E-state index contributed by atoms with van der Waals surface area (Å²) in [5.74, 6) is 0. The first-order valence-corrected chi connectivity index (χ1v) is 38.8. The van der Waals surface area contributed by atoms with Crippen molar-refractivity contribution in [3.05, 3.63) is 444 Å². The smallest absolute Gasteiger partial charge is 0.0713 e. The molecule has 0 radical (unpaired) electrons. The lowest BCUT2D eigenvalue weighted by Crippen LogP contribution is -2.28. The highest BCUT2D eigenvalue weighted by molar-refractivity contribution is 5.97. The Bertz CT molecular complexity index is 6300. The Hall–Kier alpha value is -13.7. The Morgan fingerprint density at radius 3 is 1.34 bits per heavy atom. The van der Waals surface area contributed by atoms with Crippen LogP contribution in [0.2, 0.25) is 0 Å². The van der Waals surface area contributed by atoms with E-state index in [1.165, 1.54) is 133 Å². The van der Waals surface area contributed by atoms with Gasteiger partial charge in [-0.3, -0.25) is 9.97 Å². The standard InChI is InChI=1S/C37H27N.C25H21N.C24H20N2.C20H18N2/c1-4-12-27(13-5-1)28-20-22-31(23-21-28)38-32-24-25-36-34(26-32)33-18-10-11-19-35(33)37(36,29-14-6-2-7-15-29)30-16-8-3-9-17-30;1-25(2)21-11-6-5-10-20(21)24-22(25)12-7-13-23(24)26-19-15-14-17-8-3-4-9-18(17)16-19;1-24(2)21-10-6-5-9-19(21)20-13-17(11-12-22(20)24)26-23-15-25-14-16-7-3-4-8-18(16)23;1-20(2)18-8-4-3-7-16(18)17-10-9-14(12-19(17)20)22-15-6-5-11-21-13-15/h1-26,38H;3-16,26H,1-2H3;3-15,26H,1-2H3;3-13,22H,1-2H3. The second-order valence-corrected chi connectivity index (χ2v) is 31.2. The molecular weight excluding hydrogens is 1360 g/mol. The molecule has 0 unspecified atom stereocenters. The maximum atomic E-state index is 4.38. The van der Waals surface area contributed by atoms with Gasteiger partial charge in [0.2, 0.25) is 0 Å². The summed E-state index contributed by atoms with van der Waals surface area (Å²) in [5.41, 5.74) is 35.1. The minimum atomic E-state index is -0.357. The molecule has 0 amide bonds. The number of aromatic nitrogens is 2. The summed E-state index contributed by atoms with van der Waals surface area (Å²) in [6.07, 6.45) is 7.43. The Labute approximate surface area is 657 Å². The van der Waals surface area contributed by atoms with Crippen molar-refractivity contribution in [3.63, 3.8) is 0 Å². The van der Waals surface area contributed by atoms with Crippen LogP contribution in [0.15, 0.2) is 389 Å². The number of fused-ring (bicyclic) bond motifs is 14. The normalized spacial score (nSPS) is 13.7. The summed E-state index contributed by atoms with van der Waals surface area (Å²) >= 11 is 0. The van der Waals surface area contributed by atoms with Gasteiger partial charge in [-0.05, 0) is 195 Å². The molecule has 2 aromatic heterocycles. The molecule has 0 bridgehead atoms. The molecular formula is C106H86N6. The van der Waals surface area contributed by atoms with Gasteiger partial charge in [-0.1, -0.05) is 327 Å². The number of hydrogen-bond donors (Lipinski definition) is 4. The van der Waals surface area contributed by atoms with Crippen LogP contribution in [-0.2, 0) is 21.7 Å². The molecule has 17 aromatic rings. The van der Waals surface area contributed by atoms with Gasteiger partial charge in [0, 0.05) is 79.1 Å². The first kappa shape index (κ1) is 70.0. The molecule has 15 aromatic carbocycles. The number of nitrogens with zero attached hydrogens (tertiary/aromatic N) is 2. The molecule has 0 spiro atoms. The fraction of sp³-hybridized carbons (Fsp3) is 0.0943. The van der Waals surface area contributed by atoms with E-state index in [9.17, 15) is 0 Å². The van der Waals surface area contributed by atoms with E-state index in [1.54, 1.807) is 6.20 Å². The lowest BCUT2D eigenvalue weighted by molar-refractivity contribution is 0.660. The lowest BCUT2D eigenvalue weighted by Gasteiger charge is -2.33. The van der Waals surface area contributed by atoms with Gasteiger partial charge in [-0.2, -0.15) is 0 Å². The summed E-state index contributed by atoms with van der Waals surface area (Å²) in [6, 6.07) is 130. The first-order valence-electron chi connectivity index (χ1n) is 38.8. The number of anilines is 8. The largest absolute Gasteiger partial charge is 0.356 e. The van der Waals surface area contributed by atoms with Crippen LogP contribution in [0.1, 0.15) is 97.2 Å². The summed E-state index contributed by atoms with van der Waals surface area (Å²) in [6.45, 7) is 13.8. The predicted molar refractivity (Wildman–Crippen MR) is 471 cm³/mol. The molecule has 6 nitrogen and oxygen atoms in total. The van der Waals surface area contributed by atoms with Crippen LogP contribution in [0.3, 0.4) is 0 Å². The fourth-order valence-corrected chi connectivity index (χ4v) is 17.9. The summed E-state index contributed by atoms with van der Waals surface area (Å²) in [5, 5.41) is 19.2. The van der Waals surface area contributed by atoms with Gasteiger partial charge in [-0.15, -0.1) is 0 Å². The SMILES string of the molecule is CC1(C)c2ccccc2-c2c(Nc3ccc4ccccc4c3)cccc21.CC1(C)c2ccccc2-c2cc(Nc3cncc4ccccc34)ccc21.CC1(C)c2ccccc2-c2ccc(Nc3cccnc3)cc21.c1ccc(-c2ccc(Nc3ccc4c(c3)-c3ccccc3C4(c3ccccc3)c3ccccc3)cc2)cc1. The van der Waals surface area contributed by atoms with Crippen LogP contribution >= 0.6 is 0 Å². The third kappa shape index (κ3) is 12.7. The molecule has 0 saturated carbocycles. The summed E-state index contributed by atoms with van der Waals surface area (Å²) in [7, 11) is 0. The number of hydrogen-bond acceptors (Lipinski definition) is 6. The average Bonchev–Trinajstić information content (AvgIpc) is 1.54. The molecule has 6 heteroatoms. The van der Waals surface area contributed by atoms with Gasteiger partial charge in [0.15, 0.2) is 0 Å². The molecule has 0 fully saturated rings. The van der Waals surface area contributed by atoms with E-state index in [2.05, 4.69) is 419 Å². The monoisotopic (exact) mass is 1440 g/mol. The molecule has 0 saturated heterocycles. The van der Waals surface area contributed by atoms with Gasteiger partial charge < -0.3 is 21.3 Å². The van der Waals surface area contributed by atoms with E-state index in [0.29, 0.717) is 0 Å². The first-order chi connectivity index (χ1) is 54.8. The molecule has 2 heterocycles. The summed E-state index contributed by atoms with van der Waals surface area (Å²) in [4.78, 5) is 8.53. The maximum absolute atomic E-state index is 4.38. The van der Waals surface area contributed by atoms with E-state index in [4.69, 9.17) is 0 Å². The van der Waals surface area contributed by atoms with Gasteiger partial charge in [-0.25, -0.2) is 0 Å². The van der Waals surface area contributed by atoms with E-state index < -0.39 is 0 Å². The fourth-order valence-electron chi connectivity index (χ4n) is 17.9. The zero-order chi connectivity index (χ0) is 76.0. The Morgan fingerprint density at radius 1 is 0.223 bits per heavy atom. The Kier molecular flexibility index (Phi) is 18.2. The predicted octanol–water partition coefficient (Wildman–Crippen LogP) is 27.8. The van der Waals surface area contributed by atoms with E-state index >= 15 is 0 Å². The second kappa shape index (κ2) is 29.0. The molecule has 4 N–H and O–H groups in total. The highest BCUT2D eigenvalue weighted by Gasteiger charge is 2.46. The number of pyridine rings is 2. The van der Waals surface area contributed by atoms with Gasteiger partial charge in [0.05, 0.1) is 29.2 Å². The van der Waals surface area contributed by atoms with Crippen molar-refractivity contribution in [2.75, 3.05) is 21.3 Å². The molecule has 112 heavy (non-hydrogen) atoms. The second-order valence-electron chi connectivity index (χ2n) is 31.2. The molecule has 0 aliphatic heterocycles.